The normalized spacial score (nSPS) is 27.9. The van der Waals surface area contributed by atoms with E-state index in [4.69, 9.17) is 9.15 Å². The highest BCUT2D eigenvalue weighted by atomic mass is 16.5. The number of Topliss-reactive ketones (excluding diaryl/α,β-unsaturated/α-hetero) is 1. The van der Waals surface area contributed by atoms with Gasteiger partial charge in [-0.2, -0.15) is 0 Å². The van der Waals surface area contributed by atoms with Gasteiger partial charge in [-0.3, -0.25) is 9.59 Å². The predicted molar refractivity (Wildman–Crippen MR) is 96.0 cm³/mol. The van der Waals surface area contributed by atoms with Gasteiger partial charge < -0.3 is 34.7 Å². The molecule has 5 N–H and O–H groups in total. The molecule has 1 aliphatic heterocycles. The van der Waals surface area contributed by atoms with E-state index in [1.165, 1.54) is 19.1 Å². The van der Waals surface area contributed by atoms with E-state index in [2.05, 4.69) is 0 Å². The lowest BCUT2D eigenvalue weighted by Crippen LogP contribution is -2.55. The molecule has 0 radical (unpaired) electrons. The van der Waals surface area contributed by atoms with Crippen molar-refractivity contribution in [2.24, 2.45) is 0 Å². The lowest BCUT2D eigenvalue weighted by molar-refractivity contribution is -0.231. The van der Waals surface area contributed by atoms with Crippen LogP contribution >= 0.6 is 0 Å². The number of hydrogen-bond acceptors (Lipinski definition) is 9. The molecule has 2 heterocycles. The van der Waals surface area contributed by atoms with Crippen LogP contribution < -0.4 is 5.43 Å². The minimum Gasteiger partial charge on any atom is -0.507 e. The molecule has 1 fully saturated rings. The first-order valence-electron chi connectivity index (χ1n) is 8.74. The summed E-state index contributed by atoms with van der Waals surface area (Å²) in [5.74, 6) is -0.535. The molecular weight excluding hydrogens is 372 g/mol. The minimum atomic E-state index is -1.67. The van der Waals surface area contributed by atoms with Crippen molar-refractivity contribution in [2.75, 3.05) is 6.61 Å². The Bertz CT molecular complexity index is 962. The molecule has 1 aromatic heterocycles. The van der Waals surface area contributed by atoms with Gasteiger partial charge in [0.1, 0.15) is 53.4 Å². The number of aryl methyl sites for hydroxylation is 1. The quantitative estimate of drug-likeness (QED) is 0.459. The van der Waals surface area contributed by atoms with Crippen LogP contribution in [0.4, 0.5) is 0 Å². The van der Waals surface area contributed by atoms with E-state index in [0.717, 1.165) is 0 Å². The largest absolute Gasteiger partial charge is 0.507 e. The van der Waals surface area contributed by atoms with Gasteiger partial charge in [-0.25, -0.2) is 0 Å². The van der Waals surface area contributed by atoms with Crippen molar-refractivity contribution in [3.05, 3.63) is 39.2 Å². The van der Waals surface area contributed by atoms with Crippen LogP contribution in [0.15, 0.2) is 21.3 Å². The number of rotatable bonds is 4. The van der Waals surface area contributed by atoms with E-state index in [-0.39, 0.29) is 40.2 Å². The summed E-state index contributed by atoms with van der Waals surface area (Å²) in [6.45, 7) is 2.27. The number of phenols is 1. The predicted octanol–water partition coefficient (Wildman–Crippen LogP) is -0.547. The maximum Gasteiger partial charge on any atom is 0.193 e. The van der Waals surface area contributed by atoms with Crippen LogP contribution in [0.3, 0.4) is 0 Å². The molecule has 5 atom stereocenters. The summed E-state index contributed by atoms with van der Waals surface area (Å²) in [7, 11) is 0. The maximum absolute atomic E-state index is 12.6. The number of hydrogen-bond donors (Lipinski definition) is 5. The second-order valence-corrected chi connectivity index (χ2v) is 7.04. The Morgan fingerprint density at radius 3 is 2.43 bits per heavy atom. The van der Waals surface area contributed by atoms with E-state index in [0.29, 0.717) is 5.56 Å². The summed E-state index contributed by atoms with van der Waals surface area (Å²) in [4.78, 5) is 24.0. The third kappa shape index (κ3) is 3.43. The molecule has 9 heteroatoms. The zero-order chi connectivity index (χ0) is 20.7. The molecule has 0 bridgehead atoms. The van der Waals surface area contributed by atoms with Crippen molar-refractivity contribution in [1.82, 2.24) is 0 Å². The molecule has 1 aromatic carbocycles. The number of aliphatic hydroxyl groups excluding tert-OH is 4. The molecule has 2 aromatic rings. The summed E-state index contributed by atoms with van der Waals surface area (Å²) in [5, 5.41) is 50.5. The standard InChI is InChI=1S/C19H22O9/c1-7-3-10(22)14(19-17(26)16(25)15(24)12(6-20)28-19)18-13(7)11(23)5-9(27-18)4-8(2)21/h3,5,12,15-17,19-20,22,24-26H,4,6H2,1-2H3/t12-,15+,16-,17-,19-/m0/s1. The number of carbonyl (C=O) groups is 1. The first-order chi connectivity index (χ1) is 13.1. The van der Waals surface area contributed by atoms with Crippen LogP contribution in [0.1, 0.15) is 29.9 Å². The number of aromatic hydroxyl groups is 1. The van der Waals surface area contributed by atoms with Gasteiger partial charge in [0, 0.05) is 6.07 Å². The molecular formula is C19H22O9. The fraction of sp³-hybridized carbons (Fsp3) is 0.474. The number of benzene rings is 1. The first kappa shape index (κ1) is 20.4. The van der Waals surface area contributed by atoms with Gasteiger partial charge in [0.05, 0.1) is 24.0 Å². The SMILES string of the molecule is CC(=O)Cc1cc(=O)c2c(C)cc(O)c([C@@H]3O[C@@H](CO)[C@@H](O)[C@H](O)[C@@H]3O)c2o1. The number of ketones is 1. The molecule has 1 saturated heterocycles. The van der Waals surface area contributed by atoms with Gasteiger partial charge >= 0.3 is 0 Å². The van der Waals surface area contributed by atoms with E-state index in [9.17, 15) is 35.1 Å². The lowest BCUT2D eigenvalue weighted by Gasteiger charge is -2.40. The monoisotopic (exact) mass is 394 g/mol. The molecule has 28 heavy (non-hydrogen) atoms. The molecule has 0 aliphatic carbocycles. The zero-order valence-corrected chi connectivity index (χ0v) is 15.3. The van der Waals surface area contributed by atoms with Crippen LogP contribution in [-0.2, 0) is 16.0 Å². The third-order valence-corrected chi connectivity index (χ3v) is 4.87. The molecule has 0 amide bonds. The topological polar surface area (TPSA) is 158 Å². The molecule has 0 saturated carbocycles. The molecule has 9 nitrogen and oxygen atoms in total. The fourth-order valence-electron chi connectivity index (χ4n) is 3.52. The van der Waals surface area contributed by atoms with Crippen molar-refractivity contribution < 1.29 is 39.5 Å². The summed E-state index contributed by atoms with van der Waals surface area (Å²) in [5.41, 5.74) is -0.240. The first-order valence-corrected chi connectivity index (χ1v) is 8.74. The third-order valence-electron chi connectivity index (χ3n) is 4.87. The van der Waals surface area contributed by atoms with Crippen LogP contribution in [0.2, 0.25) is 0 Å². The lowest BCUT2D eigenvalue weighted by atomic mass is 9.89. The van der Waals surface area contributed by atoms with Gasteiger partial charge in [-0.15, -0.1) is 0 Å². The Hall–Kier alpha value is -2.30. The maximum atomic E-state index is 12.6. The van der Waals surface area contributed by atoms with Crippen LogP contribution in [-0.4, -0.2) is 62.3 Å². The fourth-order valence-corrected chi connectivity index (χ4v) is 3.52. The average molecular weight is 394 g/mol. The second kappa shape index (κ2) is 7.61. The van der Waals surface area contributed by atoms with Gasteiger partial charge in [0.2, 0.25) is 0 Å². The van der Waals surface area contributed by atoms with Crippen LogP contribution in [0.25, 0.3) is 11.0 Å². The Kier molecular flexibility index (Phi) is 5.55. The molecule has 3 rings (SSSR count). The second-order valence-electron chi connectivity index (χ2n) is 7.04. The Morgan fingerprint density at radius 2 is 1.82 bits per heavy atom. The van der Waals surface area contributed by atoms with Crippen molar-refractivity contribution in [1.29, 1.82) is 0 Å². The van der Waals surface area contributed by atoms with Crippen molar-refractivity contribution >= 4 is 16.8 Å². The number of aliphatic hydroxyl groups is 4. The van der Waals surface area contributed by atoms with Gasteiger partial charge in [-0.05, 0) is 25.5 Å². The molecule has 152 valence electrons. The summed E-state index contributed by atoms with van der Waals surface area (Å²) in [6.07, 6.45) is -7.65. The highest BCUT2D eigenvalue weighted by Gasteiger charge is 2.45. The van der Waals surface area contributed by atoms with Crippen molar-refractivity contribution in [2.45, 2.75) is 50.8 Å². The summed E-state index contributed by atoms with van der Waals surface area (Å²) < 4.78 is 11.2. The zero-order valence-electron chi connectivity index (χ0n) is 15.3. The van der Waals surface area contributed by atoms with E-state index < -0.39 is 42.6 Å². The number of phenolic OH excluding ortho intramolecular Hbond substituents is 1. The summed E-state index contributed by atoms with van der Waals surface area (Å²) in [6, 6.07) is 2.48. The minimum absolute atomic E-state index is 0.0702. The van der Waals surface area contributed by atoms with Crippen LogP contribution in [0.5, 0.6) is 5.75 Å². The number of ether oxygens (including phenoxy) is 1. The van der Waals surface area contributed by atoms with Crippen molar-refractivity contribution in [3.63, 3.8) is 0 Å². The van der Waals surface area contributed by atoms with Crippen molar-refractivity contribution in [3.8, 4) is 5.75 Å². The Labute approximate surface area is 159 Å². The molecule has 0 unspecified atom stereocenters. The molecule has 1 aliphatic rings. The highest BCUT2D eigenvalue weighted by Crippen LogP contribution is 2.41. The van der Waals surface area contributed by atoms with E-state index >= 15 is 0 Å². The smallest absolute Gasteiger partial charge is 0.193 e. The highest BCUT2D eigenvalue weighted by molar-refractivity contribution is 5.86. The summed E-state index contributed by atoms with van der Waals surface area (Å²) >= 11 is 0. The Morgan fingerprint density at radius 1 is 1.14 bits per heavy atom. The van der Waals surface area contributed by atoms with Gasteiger partial charge in [0.25, 0.3) is 0 Å². The average Bonchev–Trinajstić information content (AvgIpc) is 2.60. The van der Waals surface area contributed by atoms with E-state index in [1.54, 1.807) is 6.92 Å². The van der Waals surface area contributed by atoms with Crippen LogP contribution in [0, 0.1) is 6.92 Å². The van der Waals surface area contributed by atoms with E-state index in [1.807, 2.05) is 0 Å². The Balaban J connectivity index is 2.26. The van der Waals surface area contributed by atoms with Gasteiger partial charge in [0.15, 0.2) is 5.43 Å². The molecule has 0 spiro atoms. The number of carbonyl (C=O) groups excluding carboxylic acids is 1. The van der Waals surface area contributed by atoms with Gasteiger partial charge in [-0.1, -0.05) is 0 Å². The number of fused-ring (bicyclic) bond motifs is 1.